The Kier molecular flexibility index (Phi) is 9.08. The lowest BCUT2D eigenvalue weighted by molar-refractivity contribution is -0.288. The Morgan fingerprint density at radius 3 is 1.66 bits per heavy atom. The van der Waals surface area contributed by atoms with E-state index >= 15 is 0 Å². The van der Waals surface area contributed by atoms with Gasteiger partial charge in [-0.3, -0.25) is 24.1 Å². The van der Waals surface area contributed by atoms with Crippen molar-refractivity contribution in [3.63, 3.8) is 0 Å². The Balaban J connectivity index is 1.76. The molecule has 47 heavy (non-hydrogen) atoms. The molecular weight excluding hydrogens is 640 g/mol. The molecule has 0 spiro atoms. The molecule has 2 amide bonds. The Bertz CT molecular complexity index is 1630. The highest BCUT2D eigenvalue weighted by atomic mass is 19.4. The summed E-state index contributed by atoms with van der Waals surface area (Å²) in [6.07, 6.45) is -12.6. The van der Waals surface area contributed by atoms with Gasteiger partial charge in [0, 0.05) is 22.3 Å². The molecule has 0 saturated heterocycles. The number of hydrogen-bond acceptors (Lipinski definition) is 8. The fourth-order valence-corrected chi connectivity index (χ4v) is 5.41. The molecule has 1 unspecified atom stereocenters. The molecule has 0 saturated carbocycles. The van der Waals surface area contributed by atoms with Gasteiger partial charge < -0.3 is 9.47 Å². The number of benzene rings is 2. The average Bonchev–Trinajstić information content (AvgIpc) is 3.35. The van der Waals surface area contributed by atoms with Crippen molar-refractivity contribution in [1.29, 1.82) is 0 Å². The van der Waals surface area contributed by atoms with E-state index in [-0.39, 0.29) is 17.6 Å². The second-order valence-corrected chi connectivity index (χ2v) is 10.9. The molecule has 4 rings (SSSR count). The summed E-state index contributed by atoms with van der Waals surface area (Å²) < 4.78 is 99.2. The average molecular weight is 666 g/mol. The highest BCUT2D eigenvalue weighted by Crippen LogP contribution is 2.57. The first-order chi connectivity index (χ1) is 21.7. The third kappa shape index (κ3) is 5.85. The van der Waals surface area contributed by atoms with Gasteiger partial charge in [-0.25, -0.2) is 9.59 Å². The Hall–Kier alpha value is -5.08. The van der Waals surface area contributed by atoms with Gasteiger partial charge in [0.2, 0.25) is 5.41 Å². The highest BCUT2D eigenvalue weighted by Gasteiger charge is 2.73. The van der Waals surface area contributed by atoms with Crippen molar-refractivity contribution in [3.8, 4) is 0 Å². The van der Waals surface area contributed by atoms with E-state index in [0.717, 1.165) is 0 Å². The molecule has 9 nitrogen and oxygen atoms in total. The normalized spacial score (nSPS) is 16.3. The number of amides is 2. The molecule has 0 N–H and O–H groups in total. The van der Waals surface area contributed by atoms with Crippen LogP contribution in [0.25, 0.3) is 0 Å². The number of nitrogens with zero attached hydrogens (tertiary/aromatic N) is 1. The van der Waals surface area contributed by atoms with E-state index in [1.165, 1.54) is 13.8 Å². The highest BCUT2D eigenvalue weighted by molar-refractivity contribution is 6.26. The summed E-state index contributed by atoms with van der Waals surface area (Å²) in [5.74, 6) is -7.38. The maximum absolute atomic E-state index is 14.9. The molecule has 15 heteroatoms. The number of esters is 2. The molecule has 0 bridgehead atoms. The van der Waals surface area contributed by atoms with Crippen LogP contribution in [0.3, 0.4) is 0 Å². The predicted molar refractivity (Wildman–Crippen MR) is 149 cm³/mol. The minimum Gasteiger partial charge on any atom is -0.462 e. The minimum absolute atomic E-state index is 0.00452. The zero-order valence-electron chi connectivity index (χ0n) is 24.8. The van der Waals surface area contributed by atoms with Crippen LogP contribution < -0.4 is 0 Å². The molecule has 1 aliphatic carbocycles. The van der Waals surface area contributed by atoms with Gasteiger partial charge in [-0.2, -0.15) is 26.3 Å². The summed E-state index contributed by atoms with van der Waals surface area (Å²) >= 11 is 0. The number of carbonyl (C=O) groups is 6. The topological polar surface area (TPSA) is 124 Å². The van der Waals surface area contributed by atoms with Gasteiger partial charge in [0.15, 0.2) is 11.6 Å². The van der Waals surface area contributed by atoms with E-state index in [1.54, 1.807) is 0 Å². The van der Waals surface area contributed by atoms with Gasteiger partial charge in [-0.1, -0.05) is 31.4 Å². The van der Waals surface area contributed by atoms with Crippen molar-refractivity contribution in [1.82, 2.24) is 4.90 Å². The first-order valence-electron chi connectivity index (χ1n) is 13.8. The van der Waals surface area contributed by atoms with Crippen molar-refractivity contribution >= 4 is 35.3 Å². The van der Waals surface area contributed by atoms with Crippen LogP contribution in [0.5, 0.6) is 0 Å². The third-order valence-corrected chi connectivity index (χ3v) is 7.76. The van der Waals surface area contributed by atoms with E-state index < -0.39 is 112 Å². The number of rotatable bonds is 10. The van der Waals surface area contributed by atoms with Gasteiger partial charge in [-0.05, 0) is 49.6 Å². The number of hydrogen-bond donors (Lipinski definition) is 0. The quantitative estimate of drug-likeness (QED) is 0.110. The number of ketones is 2. The van der Waals surface area contributed by atoms with Gasteiger partial charge in [-0.15, -0.1) is 0 Å². The van der Waals surface area contributed by atoms with E-state index in [2.05, 4.69) is 13.2 Å². The Morgan fingerprint density at radius 2 is 1.15 bits per heavy atom. The molecular formula is C32H25F6NO8. The second kappa shape index (κ2) is 12.3. The fourth-order valence-electron chi connectivity index (χ4n) is 5.41. The van der Waals surface area contributed by atoms with Crippen LogP contribution in [-0.2, 0) is 24.5 Å². The second-order valence-electron chi connectivity index (χ2n) is 10.9. The SMILES string of the molecule is C=C(C)C(=O)OCCC1C(=O)c2ccc(C(c3ccc4c(c3)C(=O)N(CCOC(=O)C(=C)C)C4=O)(C(F)(F)F)C(F)(F)F)cc2C1=O. The van der Waals surface area contributed by atoms with Crippen molar-refractivity contribution in [3.05, 3.63) is 94.1 Å². The molecule has 0 radical (unpaired) electrons. The number of halogens is 6. The minimum atomic E-state index is -6.13. The maximum Gasteiger partial charge on any atom is 0.411 e. The number of ether oxygens (including phenoxy) is 2. The smallest absolute Gasteiger partial charge is 0.411 e. The first-order valence-corrected chi connectivity index (χ1v) is 13.8. The zero-order valence-corrected chi connectivity index (χ0v) is 24.8. The van der Waals surface area contributed by atoms with Crippen LogP contribution in [0.2, 0.25) is 0 Å². The molecule has 2 aliphatic rings. The van der Waals surface area contributed by atoms with E-state index in [0.29, 0.717) is 41.3 Å². The third-order valence-electron chi connectivity index (χ3n) is 7.76. The van der Waals surface area contributed by atoms with Crippen LogP contribution in [0.4, 0.5) is 26.3 Å². The van der Waals surface area contributed by atoms with Crippen molar-refractivity contribution in [2.45, 2.75) is 38.0 Å². The lowest BCUT2D eigenvalue weighted by atomic mass is 9.71. The number of imide groups is 1. The van der Waals surface area contributed by atoms with Crippen molar-refractivity contribution < 1.29 is 64.6 Å². The van der Waals surface area contributed by atoms with Crippen molar-refractivity contribution in [2.75, 3.05) is 19.8 Å². The Labute approximate surface area is 262 Å². The summed E-state index contributed by atoms with van der Waals surface area (Å²) in [5.41, 5.74) is -10.1. The van der Waals surface area contributed by atoms with Crippen LogP contribution in [0, 0.1) is 5.92 Å². The lowest BCUT2D eigenvalue weighted by Gasteiger charge is -2.38. The number of fused-ring (bicyclic) bond motifs is 2. The number of Topliss-reactive ketones (excluding diaryl/α,β-unsaturated/α-hetero) is 2. The molecule has 2 aromatic rings. The van der Waals surface area contributed by atoms with Gasteiger partial charge >= 0.3 is 24.3 Å². The largest absolute Gasteiger partial charge is 0.462 e. The summed E-state index contributed by atoms with van der Waals surface area (Å²) in [7, 11) is 0. The monoisotopic (exact) mass is 665 g/mol. The van der Waals surface area contributed by atoms with E-state index in [9.17, 15) is 55.1 Å². The van der Waals surface area contributed by atoms with Crippen LogP contribution >= 0.6 is 0 Å². The van der Waals surface area contributed by atoms with Gasteiger partial charge in [0.1, 0.15) is 6.61 Å². The molecule has 0 aromatic heterocycles. The van der Waals surface area contributed by atoms with Crippen LogP contribution in [0.1, 0.15) is 72.8 Å². The predicted octanol–water partition coefficient (Wildman–Crippen LogP) is 5.32. The number of carbonyl (C=O) groups excluding carboxylic acids is 6. The summed E-state index contributed by atoms with van der Waals surface area (Å²) in [5, 5.41) is 0. The summed E-state index contributed by atoms with van der Waals surface area (Å²) in [6, 6.07) is 2.84. The molecule has 248 valence electrons. The standard InChI is InChI=1S/C32H25F6NO8/c1-15(2)28(44)46-11-9-21-24(40)19-7-5-17(13-22(19)25(21)41)30(31(33,34)35,32(36,37)38)18-6-8-20-23(14-18)27(43)39(26(20)42)10-12-47-29(45)16(3)4/h5-8,13-14,21H,1,3,9-12H2,2,4H3. The molecule has 1 aliphatic heterocycles. The van der Waals surface area contributed by atoms with E-state index in [1.807, 2.05) is 0 Å². The van der Waals surface area contributed by atoms with Gasteiger partial charge in [0.05, 0.1) is 30.2 Å². The molecule has 1 atom stereocenters. The molecule has 2 aromatic carbocycles. The number of alkyl halides is 6. The zero-order chi connectivity index (χ0) is 35.2. The summed E-state index contributed by atoms with van der Waals surface area (Å²) in [6.45, 7) is 7.90. The fraction of sp³-hybridized carbons (Fsp3) is 0.312. The van der Waals surface area contributed by atoms with E-state index in [4.69, 9.17) is 9.47 Å². The van der Waals surface area contributed by atoms with Crippen LogP contribution in [-0.4, -0.2) is 72.3 Å². The lowest BCUT2D eigenvalue weighted by Crippen LogP contribution is -2.55. The van der Waals surface area contributed by atoms with Gasteiger partial charge in [0.25, 0.3) is 11.8 Å². The molecule has 1 heterocycles. The van der Waals surface area contributed by atoms with Crippen LogP contribution in [0.15, 0.2) is 60.7 Å². The van der Waals surface area contributed by atoms with Crippen molar-refractivity contribution in [2.24, 2.45) is 5.92 Å². The first kappa shape index (κ1) is 34.8. The summed E-state index contributed by atoms with van der Waals surface area (Å²) in [4.78, 5) is 75.6. The maximum atomic E-state index is 14.9. The Morgan fingerprint density at radius 1 is 0.702 bits per heavy atom. The molecule has 0 fully saturated rings.